The fourth-order valence-corrected chi connectivity index (χ4v) is 4.30. The van der Waals surface area contributed by atoms with Crippen molar-refractivity contribution in [2.24, 2.45) is 0 Å². The Morgan fingerprint density at radius 3 is 1.62 bits per heavy atom. The lowest BCUT2D eigenvalue weighted by Crippen LogP contribution is -2.10. The molecule has 0 aliphatic heterocycles. The first-order valence-electron chi connectivity index (χ1n) is 13.1. The molecule has 0 atom stereocenters. The molecule has 0 saturated heterocycles. The molecule has 3 rings (SSSR count). The van der Waals surface area contributed by atoms with Gasteiger partial charge >= 0.3 is 0 Å². The average molecular weight is 641 g/mol. The number of carbonyl (C=O) groups is 2. The Kier molecular flexibility index (Phi) is 13.1. The summed E-state index contributed by atoms with van der Waals surface area (Å²) in [5.74, 6) is 0.241. The number of ether oxygens (including phenoxy) is 4. The first-order chi connectivity index (χ1) is 21.7. The Bertz CT molecular complexity index is 1480. The van der Waals surface area contributed by atoms with E-state index in [-0.39, 0.29) is 32.0 Å². The van der Waals surface area contributed by atoms with Crippen LogP contribution in [0.25, 0.3) is 18.2 Å². The Balaban J connectivity index is 1.74. The van der Waals surface area contributed by atoms with E-state index in [9.17, 15) is 29.8 Å². The summed E-state index contributed by atoms with van der Waals surface area (Å²) in [7, 11) is 2.85. The van der Waals surface area contributed by atoms with E-state index >= 15 is 0 Å². The zero-order valence-corrected chi connectivity index (χ0v) is 24.9. The second-order valence-electron chi connectivity index (χ2n) is 8.60. The first-order valence-corrected chi connectivity index (χ1v) is 13.9. The van der Waals surface area contributed by atoms with E-state index in [0.29, 0.717) is 39.0 Å². The van der Waals surface area contributed by atoms with Gasteiger partial charge in [-0.15, -0.1) is 31.6 Å². The van der Waals surface area contributed by atoms with Crippen molar-refractivity contribution in [3.05, 3.63) is 108 Å². The van der Waals surface area contributed by atoms with Crippen LogP contribution in [-0.4, -0.2) is 62.4 Å². The van der Waals surface area contributed by atoms with Gasteiger partial charge in [0.25, 0.3) is 10.2 Å². The predicted octanol–water partition coefficient (Wildman–Crippen LogP) is 4.89. The third-order valence-corrected chi connectivity index (χ3v) is 6.48. The molecule has 0 amide bonds. The number of hydrogen-bond acceptors (Lipinski definition) is 13. The minimum atomic E-state index is -0.915. The number of benzene rings is 2. The van der Waals surface area contributed by atoms with E-state index in [1.807, 2.05) is 5.38 Å². The highest BCUT2D eigenvalue weighted by Crippen LogP contribution is 2.30. The molecule has 0 aliphatic carbocycles. The van der Waals surface area contributed by atoms with Gasteiger partial charge in [0.05, 0.1) is 19.8 Å². The molecular weight excluding hydrogens is 612 g/mol. The lowest BCUT2D eigenvalue weighted by atomic mass is 10.0. The monoisotopic (exact) mass is 640 g/mol. The summed E-state index contributed by atoms with van der Waals surface area (Å²) in [4.78, 5) is 56.2. The fraction of sp³-hybridized carbons (Fsp3) is 0.200. The highest BCUT2D eigenvalue weighted by Gasteiger charge is 2.15. The van der Waals surface area contributed by atoms with Crippen molar-refractivity contribution in [1.29, 1.82) is 0 Å². The standard InChI is InChI=1S/C30H28N2O12S/c1-39-29-18-21(7-11-27(29)41-13-15-43-31(35)36)5-9-25(33)24(20-23-4-3-17-45-23)26(34)10-6-22-8-12-28(30(19-22)40-2)42-14-16-44-32(37)38/h3-12,17-20H,13-16H2,1-2H3/b9-5+,10-6+. The summed E-state index contributed by atoms with van der Waals surface area (Å²) in [6.45, 7) is -0.677. The lowest BCUT2D eigenvalue weighted by Gasteiger charge is -2.11. The number of thiophene rings is 1. The van der Waals surface area contributed by atoms with Gasteiger partial charge in [-0.25, -0.2) is 0 Å². The molecule has 0 spiro atoms. The molecule has 0 bridgehead atoms. The average Bonchev–Trinajstić information content (AvgIpc) is 3.55. The second kappa shape index (κ2) is 17.4. The molecule has 0 fully saturated rings. The number of hydrogen-bond donors (Lipinski definition) is 0. The van der Waals surface area contributed by atoms with E-state index in [1.165, 1.54) is 55.9 Å². The Labute approximate surface area is 260 Å². The third kappa shape index (κ3) is 11.1. The largest absolute Gasteiger partial charge is 0.493 e. The minimum Gasteiger partial charge on any atom is -0.493 e. The number of ketones is 2. The fourth-order valence-electron chi connectivity index (χ4n) is 3.64. The highest BCUT2D eigenvalue weighted by atomic mass is 32.1. The van der Waals surface area contributed by atoms with Crippen molar-refractivity contribution in [2.75, 3.05) is 40.6 Å². The van der Waals surface area contributed by atoms with Crippen LogP contribution in [0.2, 0.25) is 0 Å². The summed E-state index contributed by atoms with van der Waals surface area (Å²) in [6, 6.07) is 13.2. The van der Waals surface area contributed by atoms with Gasteiger partial charge in [-0.05, 0) is 65.1 Å². The smallest absolute Gasteiger partial charge is 0.294 e. The van der Waals surface area contributed by atoms with Crippen molar-refractivity contribution >= 4 is 41.1 Å². The van der Waals surface area contributed by atoms with Crippen LogP contribution in [0.1, 0.15) is 16.0 Å². The van der Waals surface area contributed by atoms with Crippen LogP contribution in [0.15, 0.2) is 71.6 Å². The maximum atomic E-state index is 13.2. The van der Waals surface area contributed by atoms with Gasteiger partial charge in [0.1, 0.15) is 26.4 Å². The quantitative estimate of drug-likeness (QED) is 0.0434. The molecule has 14 nitrogen and oxygen atoms in total. The minimum absolute atomic E-state index is 0.0691. The van der Waals surface area contributed by atoms with E-state index in [0.717, 1.165) is 0 Å². The van der Waals surface area contributed by atoms with Gasteiger partial charge in [-0.1, -0.05) is 30.4 Å². The van der Waals surface area contributed by atoms with Gasteiger partial charge < -0.3 is 28.6 Å². The number of carbonyl (C=O) groups excluding carboxylic acids is 2. The number of nitrogens with zero attached hydrogens (tertiary/aromatic N) is 2. The molecule has 0 aliphatic rings. The molecule has 0 unspecified atom stereocenters. The molecule has 1 heterocycles. The number of methoxy groups -OCH3 is 2. The molecular formula is C30H28N2O12S. The van der Waals surface area contributed by atoms with E-state index in [1.54, 1.807) is 48.5 Å². The SMILES string of the molecule is COc1cc(/C=C/C(=O)C(=Cc2cccs2)C(=O)/C=C/c2ccc(OCCO[N+](=O)[O-])c(OC)c2)ccc1OCCO[N+](=O)[O-]. The predicted molar refractivity (Wildman–Crippen MR) is 163 cm³/mol. The van der Waals surface area contributed by atoms with Crippen LogP contribution < -0.4 is 18.9 Å². The van der Waals surface area contributed by atoms with Crippen LogP contribution >= 0.6 is 11.3 Å². The highest BCUT2D eigenvalue weighted by molar-refractivity contribution is 7.10. The number of rotatable bonds is 19. The molecule has 3 aromatic rings. The summed E-state index contributed by atoms with van der Waals surface area (Å²) >= 11 is 1.36. The maximum absolute atomic E-state index is 13.2. The van der Waals surface area contributed by atoms with E-state index in [2.05, 4.69) is 9.68 Å². The summed E-state index contributed by atoms with van der Waals surface area (Å²) in [5.41, 5.74) is 1.08. The lowest BCUT2D eigenvalue weighted by molar-refractivity contribution is -0.757. The third-order valence-electron chi connectivity index (χ3n) is 5.67. The van der Waals surface area contributed by atoms with Crippen LogP contribution in [-0.2, 0) is 19.3 Å². The second-order valence-corrected chi connectivity index (χ2v) is 9.58. The van der Waals surface area contributed by atoms with Crippen molar-refractivity contribution in [3.63, 3.8) is 0 Å². The zero-order valence-electron chi connectivity index (χ0n) is 24.1. The Morgan fingerprint density at radius 2 is 1.22 bits per heavy atom. The van der Waals surface area contributed by atoms with Gasteiger partial charge in [0.15, 0.2) is 34.6 Å². The summed E-state index contributed by atoms with van der Waals surface area (Å²) in [6.07, 6.45) is 7.08. The zero-order chi connectivity index (χ0) is 32.6. The maximum Gasteiger partial charge on any atom is 0.294 e. The van der Waals surface area contributed by atoms with Crippen LogP contribution in [0.4, 0.5) is 0 Å². The van der Waals surface area contributed by atoms with E-state index < -0.39 is 21.7 Å². The molecule has 15 heteroatoms. The molecule has 236 valence electrons. The Morgan fingerprint density at radius 1 is 0.733 bits per heavy atom. The molecule has 45 heavy (non-hydrogen) atoms. The normalized spacial score (nSPS) is 10.7. The van der Waals surface area contributed by atoms with Crippen molar-refractivity contribution in [3.8, 4) is 23.0 Å². The summed E-state index contributed by atoms with van der Waals surface area (Å²) < 4.78 is 21.5. The van der Waals surface area contributed by atoms with E-state index in [4.69, 9.17) is 18.9 Å². The van der Waals surface area contributed by atoms with Crippen LogP contribution in [0.5, 0.6) is 23.0 Å². The van der Waals surface area contributed by atoms with Crippen LogP contribution in [0, 0.1) is 20.2 Å². The van der Waals surface area contributed by atoms with Gasteiger partial charge in [0.2, 0.25) is 0 Å². The van der Waals surface area contributed by atoms with Gasteiger partial charge in [-0.3, -0.25) is 9.59 Å². The molecule has 1 aromatic heterocycles. The molecule has 2 aromatic carbocycles. The van der Waals surface area contributed by atoms with Gasteiger partial charge in [0, 0.05) is 4.88 Å². The molecule has 0 radical (unpaired) electrons. The molecule has 0 saturated carbocycles. The van der Waals surface area contributed by atoms with Crippen LogP contribution in [0.3, 0.4) is 0 Å². The topological polar surface area (TPSA) is 176 Å². The van der Waals surface area contributed by atoms with Crippen molar-refractivity contribution in [2.45, 2.75) is 0 Å². The Hall–Kier alpha value is -5.70. The van der Waals surface area contributed by atoms with Crippen molar-refractivity contribution in [1.82, 2.24) is 0 Å². The number of allylic oxidation sites excluding steroid dienone is 3. The van der Waals surface area contributed by atoms with Gasteiger partial charge in [-0.2, -0.15) is 0 Å². The summed E-state index contributed by atoms with van der Waals surface area (Å²) in [5, 5.41) is 20.6. The molecule has 0 N–H and O–H groups in total. The first kappa shape index (κ1) is 33.8. The van der Waals surface area contributed by atoms with Crippen molar-refractivity contribution < 1.29 is 48.4 Å².